The quantitative estimate of drug-likeness (QED) is 0.798. The lowest BCUT2D eigenvalue weighted by molar-refractivity contribution is -0.132. The van der Waals surface area contributed by atoms with Crippen LogP contribution < -0.4 is 15.5 Å². The molecule has 4 amide bonds. The number of piperazine rings is 1. The van der Waals surface area contributed by atoms with Crippen LogP contribution in [0.5, 0.6) is 0 Å². The Bertz CT molecular complexity index is 735. The molecule has 3 rings (SSSR count). The minimum absolute atomic E-state index is 0.0240. The van der Waals surface area contributed by atoms with Gasteiger partial charge in [0, 0.05) is 37.8 Å². The number of carbonyl (C=O) groups excluding carboxylic acids is 3. The Balaban J connectivity index is 1.56. The SMILES string of the molecule is Cc1cccc(N2CCN(C(=O)CCC3(C)NC(=O)NC3=O)C[C@@H]2C)c1. The van der Waals surface area contributed by atoms with E-state index in [0.717, 1.165) is 6.54 Å². The minimum Gasteiger partial charge on any atom is -0.365 e. The Morgan fingerprint density at radius 3 is 2.69 bits per heavy atom. The van der Waals surface area contributed by atoms with E-state index in [0.29, 0.717) is 19.5 Å². The Morgan fingerprint density at radius 1 is 1.31 bits per heavy atom. The summed E-state index contributed by atoms with van der Waals surface area (Å²) in [5.41, 5.74) is 1.41. The maximum atomic E-state index is 12.6. The summed E-state index contributed by atoms with van der Waals surface area (Å²) < 4.78 is 0. The molecule has 7 nitrogen and oxygen atoms in total. The van der Waals surface area contributed by atoms with E-state index in [1.165, 1.54) is 11.3 Å². The van der Waals surface area contributed by atoms with Crippen molar-refractivity contribution in [3.8, 4) is 0 Å². The first-order chi connectivity index (χ1) is 12.3. The van der Waals surface area contributed by atoms with E-state index in [1.54, 1.807) is 6.92 Å². The number of benzene rings is 1. The topological polar surface area (TPSA) is 81.8 Å². The van der Waals surface area contributed by atoms with Gasteiger partial charge in [0.15, 0.2) is 0 Å². The number of rotatable bonds is 4. The van der Waals surface area contributed by atoms with Gasteiger partial charge in [-0.3, -0.25) is 14.9 Å². The van der Waals surface area contributed by atoms with E-state index in [4.69, 9.17) is 0 Å². The highest BCUT2D eigenvalue weighted by atomic mass is 16.2. The standard InChI is InChI=1S/C19H26N4O3/c1-13-5-4-6-15(11-13)23-10-9-22(12-14(23)2)16(24)7-8-19(3)17(25)20-18(26)21-19/h4-6,11,14H,7-10,12H2,1-3H3,(H2,20,21,25,26)/t14-,19?/m0/s1. The second kappa shape index (κ2) is 6.97. The summed E-state index contributed by atoms with van der Waals surface area (Å²) in [4.78, 5) is 39.9. The van der Waals surface area contributed by atoms with Gasteiger partial charge in [0.05, 0.1) is 0 Å². The fourth-order valence-electron chi connectivity index (χ4n) is 3.65. The van der Waals surface area contributed by atoms with Crippen molar-refractivity contribution < 1.29 is 14.4 Å². The number of urea groups is 1. The summed E-state index contributed by atoms with van der Waals surface area (Å²) in [6.07, 6.45) is 0.539. The number of hydrogen-bond acceptors (Lipinski definition) is 4. The first-order valence-electron chi connectivity index (χ1n) is 9.03. The number of anilines is 1. The van der Waals surface area contributed by atoms with Crippen molar-refractivity contribution >= 4 is 23.5 Å². The summed E-state index contributed by atoms with van der Waals surface area (Å²) >= 11 is 0. The lowest BCUT2D eigenvalue weighted by atomic mass is 9.95. The van der Waals surface area contributed by atoms with E-state index in [9.17, 15) is 14.4 Å². The third kappa shape index (κ3) is 3.66. The lowest BCUT2D eigenvalue weighted by Crippen LogP contribution is -2.54. The molecule has 2 saturated heterocycles. The van der Waals surface area contributed by atoms with Crippen LogP contribution in [0.15, 0.2) is 24.3 Å². The van der Waals surface area contributed by atoms with Crippen molar-refractivity contribution in [2.75, 3.05) is 24.5 Å². The summed E-state index contributed by atoms with van der Waals surface area (Å²) in [6.45, 7) is 7.94. The largest absolute Gasteiger partial charge is 0.365 e. The monoisotopic (exact) mass is 358 g/mol. The Kier molecular flexibility index (Phi) is 4.89. The fraction of sp³-hybridized carbons (Fsp3) is 0.526. The van der Waals surface area contributed by atoms with Gasteiger partial charge in [-0.2, -0.15) is 0 Å². The number of nitrogens with zero attached hydrogens (tertiary/aromatic N) is 2. The highest BCUT2D eigenvalue weighted by Crippen LogP contribution is 2.23. The smallest absolute Gasteiger partial charge is 0.322 e. The zero-order chi connectivity index (χ0) is 18.9. The van der Waals surface area contributed by atoms with Crippen LogP contribution in [0.1, 0.15) is 32.3 Å². The second-order valence-electron chi connectivity index (χ2n) is 7.46. The number of hydrogen-bond donors (Lipinski definition) is 2. The van der Waals surface area contributed by atoms with Crippen molar-refractivity contribution in [2.45, 2.75) is 45.2 Å². The summed E-state index contributed by atoms with van der Waals surface area (Å²) in [5.74, 6) is -0.344. The van der Waals surface area contributed by atoms with Gasteiger partial charge >= 0.3 is 6.03 Å². The first-order valence-corrected chi connectivity index (χ1v) is 9.03. The number of imide groups is 1. The number of aryl methyl sites for hydroxylation is 1. The van der Waals surface area contributed by atoms with E-state index in [-0.39, 0.29) is 24.3 Å². The van der Waals surface area contributed by atoms with Crippen molar-refractivity contribution in [3.63, 3.8) is 0 Å². The van der Waals surface area contributed by atoms with Gasteiger partial charge in [-0.05, 0) is 44.9 Å². The molecule has 2 aliphatic rings. The van der Waals surface area contributed by atoms with Gasteiger partial charge < -0.3 is 15.1 Å². The van der Waals surface area contributed by atoms with E-state index in [1.807, 2.05) is 4.90 Å². The van der Waals surface area contributed by atoms with Gasteiger partial charge in [-0.15, -0.1) is 0 Å². The molecule has 0 radical (unpaired) electrons. The first kappa shape index (κ1) is 18.2. The predicted octanol–water partition coefficient (Wildman–Crippen LogP) is 1.41. The molecule has 2 heterocycles. The maximum Gasteiger partial charge on any atom is 0.322 e. The van der Waals surface area contributed by atoms with Crippen LogP contribution in [0.2, 0.25) is 0 Å². The van der Waals surface area contributed by atoms with E-state index >= 15 is 0 Å². The number of amides is 4. The highest BCUT2D eigenvalue weighted by Gasteiger charge is 2.42. The molecule has 0 bridgehead atoms. The van der Waals surface area contributed by atoms with Crippen LogP contribution >= 0.6 is 0 Å². The van der Waals surface area contributed by atoms with Gasteiger partial charge in [-0.1, -0.05) is 12.1 Å². The molecule has 1 unspecified atom stereocenters. The molecular formula is C19H26N4O3. The molecule has 0 spiro atoms. The normalized spacial score (nSPS) is 25.9. The predicted molar refractivity (Wildman–Crippen MR) is 98.9 cm³/mol. The van der Waals surface area contributed by atoms with E-state index < -0.39 is 11.6 Å². The lowest BCUT2D eigenvalue weighted by Gasteiger charge is -2.41. The van der Waals surface area contributed by atoms with Crippen LogP contribution in [0.25, 0.3) is 0 Å². The van der Waals surface area contributed by atoms with Gasteiger partial charge in [0.2, 0.25) is 5.91 Å². The molecule has 140 valence electrons. The molecule has 1 aromatic carbocycles. The molecule has 7 heteroatoms. The number of carbonyl (C=O) groups is 3. The van der Waals surface area contributed by atoms with Crippen LogP contribution in [-0.4, -0.2) is 54.0 Å². The summed E-state index contributed by atoms with van der Waals surface area (Å²) in [5, 5.41) is 4.83. The summed E-state index contributed by atoms with van der Waals surface area (Å²) in [7, 11) is 0. The molecule has 2 aliphatic heterocycles. The fourth-order valence-corrected chi connectivity index (χ4v) is 3.65. The van der Waals surface area contributed by atoms with Crippen LogP contribution in [0, 0.1) is 6.92 Å². The Morgan fingerprint density at radius 2 is 2.08 bits per heavy atom. The molecule has 2 atom stereocenters. The molecule has 0 saturated carbocycles. The molecule has 0 aliphatic carbocycles. The zero-order valence-corrected chi connectivity index (χ0v) is 15.5. The van der Waals surface area contributed by atoms with Crippen molar-refractivity contribution in [2.24, 2.45) is 0 Å². The van der Waals surface area contributed by atoms with Crippen molar-refractivity contribution in [1.82, 2.24) is 15.5 Å². The van der Waals surface area contributed by atoms with Gasteiger partial charge in [0.25, 0.3) is 5.91 Å². The average Bonchev–Trinajstić information content (AvgIpc) is 2.85. The Hall–Kier alpha value is -2.57. The third-order valence-corrected chi connectivity index (χ3v) is 5.27. The zero-order valence-electron chi connectivity index (χ0n) is 15.5. The van der Waals surface area contributed by atoms with Crippen LogP contribution in [0.3, 0.4) is 0 Å². The van der Waals surface area contributed by atoms with Crippen molar-refractivity contribution in [3.05, 3.63) is 29.8 Å². The molecule has 2 N–H and O–H groups in total. The molecular weight excluding hydrogens is 332 g/mol. The molecule has 0 aromatic heterocycles. The highest BCUT2D eigenvalue weighted by molar-refractivity contribution is 6.06. The van der Waals surface area contributed by atoms with Crippen molar-refractivity contribution in [1.29, 1.82) is 0 Å². The van der Waals surface area contributed by atoms with Crippen LogP contribution in [-0.2, 0) is 9.59 Å². The van der Waals surface area contributed by atoms with Gasteiger partial charge in [-0.25, -0.2) is 4.79 Å². The summed E-state index contributed by atoms with van der Waals surface area (Å²) in [6, 6.07) is 8.12. The molecule has 2 fully saturated rings. The molecule has 26 heavy (non-hydrogen) atoms. The maximum absolute atomic E-state index is 12.6. The minimum atomic E-state index is -0.998. The number of nitrogens with one attached hydrogen (secondary N) is 2. The second-order valence-corrected chi connectivity index (χ2v) is 7.46. The van der Waals surface area contributed by atoms with Gasteiger partial charge in [0.1, 0.15) is 5.54 Å². The Labute approximate surface area is 153 Å². The van der Waals surface area contributed by atoms with E-state index in [2.05, 4.69) is 53.6 Å². The average molecular weight is 358 g/mol. The van der Waals surface area contributed by atoms with Crippen LogP contribution in [0.4, 0.5) is 10.5 Å². The third-order valence-electron chi connectivity index (χ3n) is 5.27. The molecule has 1 aromatic rings.